The van der Waals surface area contributed by atoms with Gasteiger partial charge < -0.3 is 10.6 Å². The maximum atomic E-state index is 12.4. The van der Waals surface area contributed by atoms with Crippen molar-refractivity contribution < 1.29 is 4.79 Å². The van der Waals surface area contributed by atoms with Gasteiger partial charge in [0.05, 0.1) is 5.54 Å². The lowest BCUT2D eigenvalue weighted by Crippen LogP contribution is -2.56. The average molecular weight is 226 g/mol. The molecule has 0 heterocycles. The van der Waals surface area contributed by atoms with Crippen molar-refractivity contribution in [2.45, 2.75) is 65.0 Å². The molecule has 1 rings (SSSR count). The normalized spacial score (nSPS) is 21.9. The molecule has 0 aromatic rings. The minimum atomic E-state index is -0.589. The molecule has 1 atom stereocenters. The van der Waals surface area contributed by atoms with E-state index in [1.54, 1.807) is 0 Å². The molecule has 0 saturated heterocycles. The number of carbonyl (C=O) groups is 1. The third kappa shape index (κ3) is 2.57. The second kappa shape index (κ2) is 4.36. The Morgan fingerprint density at radius 2 is 1.75 bits per heavy atom. The number of hydrogen-bond donors (Lipinski definition) is 1. The van der Waals surface area contributed by atoms with Gasteiger partial charge in [0.1, 0.15) is 0 Å². The molecule has 1 saturated carbocycles. The number of likely N-dealkylation sites (N-methyl/N-ethyl adjacent to an activating group) is 1. The van der Waals surface area contributed by atoms with Gasteiger partial charge >= 0.3 is 0 Å². The van der Waals surface area contributed by atoms with Gasteiger partial charge in [-0.15, -0.1) is 0 Å². The summed E-state index contributed by atoms with van der Waals surface area (Å²) in [6.07, 6.45) is 3.85. The molecule has 1 aliphatic rings. The predicted molar refractivity (Wildman–Crippen MR) is 67.1 cm³/mol. The van der Waals surface area contributed by atoms with Crippen LogP contribution in [0.15, 0.2) is 0 Å². The molecule has 1 fully saturated rings. The van der Waals surface area contributed by atoms with Crippen molar-refractivity contribution in [2.24, 2.45) is 11.1 Å². The standard InChI is InChI=1S/C13H26N2O/c1-10(12(2,3)4)15(5)11(16)13(14)8-6-7-9-13/h10H,6-9,14H2,1-5H3. The van der Waals surface area contributed by atoms with Crippen molar-refractivity contribution in [1.82, 2.24) is 4.90 Å². The molecule has 0 spiro atoms. The number of nitrogens with zero attached hydrogens (tertiary/aromatic N) is 1. The Morgan fingerprint density at radius 3 is 2.12 bits per heavy atom. The van der Waals surface area contributed by atoms with Crippen molar-refractivity contribution in [1.29, 1.82) is 0 Å². The Balaban J connectivity index is 2.74. The summed E-state index contributed by atoms with van der Waals surface area (Å²) >= 11 is 0. The SMILES string of the molecule is CC(N(C)C(=O)C1(N)CCCC1)C(C)(C)C. The van der Waals surface area contributed by atoms with Crippen LogP contribution in [0.2, 0.25) is 0 Å². The summed E-state index contributed by atoms with van der Waals surface area (Å²) in [6.45, 7) is 8.55. The minimum absolute atomic E-state index is 0.0966. The zero-order valence-electron chi connectivity index (χ0n) is 11.3. The molecule has 3 nitrogen and oxygen atoms in total. The van der Waals surface area contributed by atoms with Crippen molar-refractivity contribution >= 4 is 5.91 Å². The van der Waals surface area contributed by atoms with E-state index < -0.39 is 5.54 Å². The van der Waals surface area contributed by atoms with E-state index in [2.05, 4.69) is 27.7 Å². The number of nitrogens with two attached hydrogens (primary N) is 1. The predicted octanol–water partition coefficient (Wildman–Crippen LogP) is 2.15. The summed E-state index contributed by atoms with van der Waals surface area (Å²) in [5.74, 6) is 0.118. The van der Waals surface area contributed by atoms with Gasteiger partial charge in [-0.1, -0.05) is 33.6 Å². The van der Waals surface area contributed by atoms with Gasteiger partial charge in [-0.3, -0.25) is 4.79 Å². The Bertz CT molecular complexity index is 262. The summed E-state index contributed by atoms with van der Waals surface area (Å²) in [5.41, 5.74) is 5.70. The number of hydrogen-bond acceptors (Lipinski definition) is 2. The Labute approximate surface area is 99.4 Å². The molecule has 3 heteroatoms. The van der Waals surface area contributed by atoms with E-state index in [-0.39, 0.29) is 17.4 Å². The van der Waals surface area contributed by atoms with Gasteiger partial charge in [0.2, 0.25) is 5.91 Å². The van der Waals surface area contributed by atoms with Gasteiger partial charge in [0.15, 0.2) is 0 Å². The second-order valence-corrected chi connectivity index (χ2v) is 6.32. The minimum Gasteiger partial charge on any atom is -0.341 e. The van der Waals surface area contributed by atoms with E-state index in [1.807, 2.05) is 11.9 Å². The molecule has 2 N–H and O–H groups in total. The summed E-state index contributed by atoms with van der Waals surface area (Å²) in [5, 5.41) is 0. The smallest absolute Gasteiger partial charge is 0.242 e. The van der Waals surface area contributed by atoms with Gasteiger partial charge in [-0.25, -0.2) is 0 Å². The van der Waals surface area contributed by atoms with Crippen molar-refractivity contribution in [3.63, 3.8) is 0 Å². The Morgan fingerprint density at radius 1 is 1.31 bits per heavy atom. The van der Waals surface area contributed by atoms with E-state index in [9.17, 15) is 4.79 Å². The van der Waals surface area contributed by atoms with Gasteiger partial charge in [0.25, 0.3) is 0 Å². The number of carbonyl (C=O) groups excluding carboxylic acids is 1. The Hall–Kier alpha value is -0.570. The van der Waals surface area contributed by atoms with Gasteiger partial charge in [0, 0.05) is 13.1 Å². The highest BCUT2D eigenvalue weighted by Gasteiger charge is 2.41. The van der Waals surface area contributed by atoms with Gasteiger partial charge in [-0.2, -0.15) is 0 Å². The van der Waals surface area contributed by atoms with E-state index in [0.717, 1.165) is 25.7 Å². The van der Waals surface area contributed by atoms with Gasteiger partial charge in [-0.05, 0) is 25.2 Å². The maximum Gasteiger partial charge on any atom is 0.242 e. The van der Waals surface area contributed by atoms with Crippen LogP contribution in [-0.2, 0) is 4.79 Å². The van der Waals surface area contributed by atoms with Crippen LogP contribution < -0.4 is 5.73 Å². The molecule has 0 aromatic heterocycles. The highest BCUT2D eigenvalue weighted by molar-refractivity contribution is 5.86. The fraction of sp³-hybridized carbons (Fsp3) is 0.923. The molecule has 0 bridgehead atoms. The average Bonchev–Trinajstić information content (AvgIpc) is 2.61. The lowest BCUT2D eigenvalue weighted by atomic mass is 9.85. The maximum absolute atomic E-state index is 12.4. The summed E-state index contributed by atoms with van der Waals surface area (Å²) in [4.78, 5) is 14.2. The molecular weight excluding hydrogens is 200 g/mol. The number of amides is 1. The lowest BCUT2D eigenvalue weighted by molar-refractivity contribution is -0.139. The van der Waals surface area contributed by atoms with Crippen LogP contribution in [0, 0.1) is 5.41 Å². The summed E-state index contributed by atoms with van der Waals surface area (Å²) < 4.78 is 0. The zero-order chi connectivity index (χ0) is 12.6. The van der Waals surface area contributed by atoms with E-state index >= 15 is 0 Å². The first-order valence-corrected chi connectivity index (χ1v) is 6.24. The molecule has 1 amide bonds. The summed E-state index contributed by atoms with van der Waals surface area (Å²) in [6, 6.07) is 0.209. The van der Waals surface area contributed by atoms with Crippen LogP contribution in [0.1, 0.15) is 53.4 Å². The number of rotatable bonds is 2. The third-order valence-corrected chi connectivity index (χ3v) is 4.08. The van der Waals surface area contributed by atoms with Crippen LogP contribution in [-0.4, -0.2) is 29.4 Å². The fourth-order valence-electron chi connectivity index (χ4n) is 2.33. The fourth-order valence-corrected chi connectivity index (χ4v) is 2.33. The molecule has 94 valence electrons. The second-order valence-electron chi connectivity index (χ2n) is 6.32. The van der Waals surface area contributed by atoms with Crippen LogP contribution in [0.3, 0.4) is 0 Å². The first-order valence-electron chi connectivity index (χ1n) is 6.24. The van der Waals surface area contributed by atoms with Crippen LogP contribution >= 0.6 is 0 Å². The summed E-state index contributed by atoms with van der Waals surface area (Å²) in [7, 11) is 1.88. The van der Waals surface area contributed by atoms with E-state index in [0.29, 0.717) is 0 Å². The van der Waals surface area contributed by atoms with Crippen molar-refractivity contribution in [3.8, 4) is 0 Å². The first-order chi connectivity index (χ1) is 7.18. The lowest BCUT2D eigenvalue weighted by Gasteiger charge is -2.39. The zero-order valence-corrected chi connectivity index (χ0v) is 11.3. The van der Waals surface area contributed by atoms with Crippen LogP contribution in [0.5, 0.6) is 0 Å². The molecule has 0 aromatic carbocycles. The van der Waals surface area contributed by atoms with Crippen molar-refractivity contribution in [2.75, 3.05) is 7.05 Å². The third-order valence-electron chi connectivity index (χ3n) is 4.08. The van der Waals surface area contributed by atoms with E-state index in [1.165, 1.54) is 0 Å². The van der Waals surface area contributed by atoms with Crippen molar-refractivity contribution in [3.05, 3.63) is 0 Å². The molecule has 0 aliphatic heterocycles. The van der Waals surface area contributed by atoms with Crippen LogP contribution in [0.25, 0.3) is 0 Å². The quantitative estimate of drug-likeness (QED) is 0.784. The molecule has 16 heavy (non-hydrogen) atoms. The molecule has 1 aliphatic carbocycles. The largest absolute Gasteiger partial charge is 0.341 e. The monoisotopic (exact) mass is 226 g/mol. The molecule has 1 unspecified atom stereocenters. The topological polar surface area (TPSA) is 46.3 Å². The Kier molecular flexibility index (Phi) is 3.68. The molecule has 0 radical (unpaired) electrons. The first kappa shape index (κ1) is 13.5. The van der Waals surface area contributed by atoms with E-state index in [4.69, 9.17) is 5.73 Å². The highest BCUT2D eigenvalue weighted by atomic mass is 16.2. The van der Waals surface area contributed by atoms with Crippen LogP contribution in [0.4, 0.5) is 0 Å². The molecular formula is C13H26N2O. The highest BCUT2D eigenvalue weighted by Crippen LogP contribution is 2.31.